The van der Waals surface area contributed by atoms with E-state index in [4.69, 9.17) is 9.47 Å². The van der Waals surface area contributed by atoms with Gasteiger partial charge in [-0.05, 0) is 72.7 Å². The predicted molar refractivity (Wildman–Crippen MR) is 123 cm³/mol. The fraction of sp³-hybridized carbons (Fsp3) is 0.286. The highest BCUT2D eigenvalue weighted by molar-refractivity contribution is 14.1. The first-order chi connectivity index (χ1) is 13.9. The van der Waals surface area contributed by atoms with Crippen LogP contribution in [0.3, 0.4) is 0 Å². The first-order valence-corrected chi connectivity index (χ1v) is 10.4. The Morgan fingerprint density at radius 3 is 2.72 bits per heavy atom. The monoisotopic (exact) mass is 507 g/mol. The maximum Gasteiger partial charge on any atom is 0.349 e. The highest BCUT2D eigenvalue weighted by Gasteiger charge is 2.14. The number of fused-ring (bicyclic) bond motifs is 1. The van der Waals surface area contributed by atoms with Crippen molar-refractivity contribution >= 4 is 39.7 Å². The number of aromatic amines is 1. The van der Waals surface area contributed by atoms with E-state index >= 15 is 0 Å². The van der Waals surface area contributed by atoms with Gasteiger partial charge in [0.2, 0.25) is 0 Å². The standard InChI is InChI=1S/C21H22IN3O4/c1-4-13(3)29-19-16(22)10-14(11-18(19)28-5-2)12-23-25-20(26)15-8-6-7-9-17(15)24-21(25)27/h6-13H,4-5H2,1-3H3,(H,24,27)/t13-/m0/s1. The molecule has 1 heterocycles. The minimum Gasteiger partial charge on any atom is -0.490 e. The lowest BCUT2D eigenvalue weighted by atomic mass is 10.2. The van der Waals surface area contributed by atoms with Crippen LogP contribution in [0.25, 0.3) is 10.9 Å². The van der Waals surface area contributed by atoms with E-state index in [0.717, 1.165) is 14.7 Å². The Morgan fingerprint density at radius 2 is 2.00 bits per heavy atom. The molecular formula is C21H22IN3O4. The summed E-state index contributed by atoms with van der Waals surface area (Å²) in [5.74, 6) is 1.28. The Balaban J connectivity index is 2.02. The Bertz CT molecular complexity index is 1170. The molecule has 2 aromatic carbocycles. The predicted octanol–water partition coefficient (Wildman–Crippen LogP) is 3.75. The van der Waals surface area contributed by atoms with E-state index < -0.39 is 11.2 Å². The van der Waals surface area contributed by atoms with E-state index in [1.54, 1.807) is 30.3 Å². The Hall–Kier alpha value is -2.62. The van der Waals surface area contributed by atoms with Gasteiger partial charge in [0.25, 0.3) is 5.56 Å². The molecule has 0 amide bonds. The number of H-pyrrole nitrogens is 1. The third kappa shape index (κ3) is 4.69. The number of hydrogen-bond acceptors (Lipinski definition) is 5. The van der Waals surface area contributed by atoms with Crippen LogP contribution in [0.15, 0.2) is 51.1 Å². The summed E-state index contributed by atoms with van der Waals surface area (Å²) >= 11 is 2.18. The molecule has 0 unspecified atom stereocenters. The largest absolute Gasteiger partial charge is 0.490 e. The number of halogens is 1. The van der Waals surface area contributed by atoms with E-state index in [1.165, 1.54) is 6.21 Å². The lowest BCUT2D eigenvalue weighted by Crippen LogP contribution is -2.32. The Morgan fingerprint density at radius 1 is 1.24 bits per heavy atom. The number of rotatable bonds is 7. The number of aromatic nitrogens is 2. The summed E-state index contributed by atoms with van der Waals surface area (Å²) in [4.78, 5) is 27.5. The van der Waals surface area contributed by atoms with Crippen LogP contribution in [0.2, 0.25) is 0 Å². The van der Waals surface area contributed by atoms with Gasteiger partial charge in [-0.3, -0.25) is 4.79 Å². The summed E-state index contributed by atoms with van der Waals surface area (Å²) in [6.45, 7) is 6.43. The van der Waals surface area contributed by atoms with Crippen LogP contribution < -0.4 is 20.7 Å². The summed E-state index contributed by atoms with van der Waals surface area (Å²) in [5.41, 5.74) is 0.0981. The van der Waals surface area contributed by atoms with Crippen LogP contribution in [-0.4, -0.2) is 28.6 Å². The van der Waals surface area contributed by atoms with Crippen LogP contribution in [0, 0.1) is 3.57 Å². The van der Waals surface area contributed by atoms with Crippen molar-refractivity contribution in [1.29, 1.82) is 0 Å². The molecule has 152 valence electrons. The second-order valence-electron chi connectivity index (χ2n) is 6.44. The average Bonchev–Trinajstić information content (AvgIpc) is 2.70. The molecule has 0 fully saturated rings. The van der Waals surface area contributed by atoms with Gasteiger partial charge < -0.3 is 14.5 Å². The molecular weight excluding hydrogens is 485 g/mol. The van der Waals surface area contributed by atoms with E-state index in [2.05, 4.69) is 39.6 Å². The molecule has 7 nitrogen and oxygen atoms in total. The van der Waals surface area contributed by atoms with E-state index in [1.807, 2.05) is 19.9 Å². The van der Waals surface area contributed by atoms with Crippen LogP contribution in [0.5, 0.6) is 11.5 Å². The van der Waals surface area contributed by atoms with Crippen molar-refractivity contribution in [2.45, 2.75) is 33.3 Å². The lowest BCUT2D eigenvalue weighted by molar-refractivity contribution is 0.201. The van der Waals surface area contributed by atoms with Crippen LogP contribution in [0.1, 0.15) is 32.8 Å². The Labute approximate surface area is 181 Å². The van der Waals surface area contributed by atoms with Crippen molar-refractivity contribution in [1.82, 2.24) is 9.66 Å². The summed E-state index contributed by atoms with van der Waals surface area (Å²) in [7, 11) is 0. The number of benzene rings is 2. The van der Waals surface area contributed by atoms with Crippen molar-refractivity contribution < 1.29 is 9.47 Å². The second-order valence-corrected chi connectivity index (χ2v) is 7.60. The van der Waals surface area contributed by atoms with Gasteiger partial charge in [-0.1, -0.05) is 19.1 Å². The first kappa shape index (κ1) is 21.1. The maximum atomic E-state index is 12.6. The number of para-hydroxylation sites is 1. The van der Waals surface area contributed by atoms with Crippen LogP contribution >= 0.6 is 22.6 Å². The first-order valence-electron chi connectivity index (χ1n) is 9.36. The molecule has 1 N–H and O–H groups in total. The smallest absolute Gasteiger partial charge is 0.349 e. The molecule has 0 saturated carbocycles. The molecule has 0 spiro atoms. The minimum atomic E-state index is -0.596. The molecule has 3 aromatic rings. The number of hydrogen-bond donors (Lipinski definition) is 1. The van der Waals surface area contributed by atoms with Gasteiger partial charge in [0.1, 0.15) is 0 Å². The van der Waals surface area contributed by atoms with Crippen molar-refractivity contribution in [3.05, 3.63) is 66.4 Å². The number of ether oxygens (including phenoxy) is 2. The molecule has 0 aliphatic carbocycles. The third-order valence-corrected chi connectivity index (χ3v) is 5.13. The maximum absolute atomic E-state index is 12.6. The molecule has 1 aromatic heterocycles. The van der Waals surface area contributed by atoms with Crippen molar-refractivity contribution in [2.24, 2.45) is 5.10 Å². The van der Waals surface area contributed by atoms with Crippen molar-refractivity contribution in [3.8, 4) is 11.5 Å². The van der Waals surface area contributed by atoms with Gasteiger partial charge in [0, 0.05) is 0 Å². The van der Waals surface area contributed by atoms with Crippen molar-refractivity contribution in [3.63, 3.8) is 0 Å². The fourth-order valence-electron chi connectivity index (χ4n) is 2.71. The fourth-order valence-corrected chi connectivity index (χ4v) is 3.46. The molecule has 0 saturated heterocycles. The molecule has 8 heteroatoms. The summed E-state index contributed by atoms with van der Waals surface area (Å²) in [6, 6.07) is 10.5. The van der Waals surface area contributed by atoms with Crippen LogP contribution in [0.4, 0.5) is 0 Å². The zero-order valence-electron chi connectivity index (χ0n) is 16.4. The molecule has 0 radical (unpaired) electrons. The number of nitrogens with one attached hydrogen (secondary N) is 1. The van der Waals surface area contributed by atoms with E-state index in [9.17, 15) is 9.59 Å². The Kier molecular flexibility index (Phi) is 6.73. The molecule has 29 heavy (non-hydrogen) atoms. The van der Waals surface area contributed by atoms with E-state index in [0.29, 0.717) is 34.6 Å². The number of nitrogens with zero attached hydrogens (tertiary/aromatic N) is 2. The normalized spacial score (nSPS) is 12.4. The highest BCUT2D eigenvalue weighted by Crippen LogP contribution is 2.35. The average molecular weight is 507 g/mol. The molecule has 0 aliphatic rings. The molecule has 0 bridgehead atoms. The summed E-state index contributed by atoms with van der Waals surface area (Å²) in [6.07, 6.45) is 2.39. The quantitative estimate of drug-likeness (QED) is 0.390. The van der Waals surface area contributed by atoms with Gasteiger partial charge in [0.15, 0.2) is 11.5 Å². The van der Waals surface area contributed by atoms with Gasteiger partial charge in [-0.2, -0.15) is 5.10 Å². The highest BCUT2D eigenvalue weighted by atomic mass is 127. The summed E-state index contributed by atoms with van der Waals surface area (Å²) < 4.78 is 13.4. The van der Waals surface area contributed by atoms with Crippen LogP contribution in [-0.2, 0) is 0 Å². The molecule has 1 atom stereocenters. The van der Waals surface area contributed by atoms with Gasteiger partial charge >= 0.3 is 5.69 Å². The SMILES string of the molecule is CCOc1cc(C=Nn2c(=O)[nH]c3ccccc3c2=O)cc(I)c1O[C@@H](C)CC. The van der Waals surface area contributed by atoms with Crippen molar-refractivity contribution in [2.75, 3.05) is 6.61 Å². The van der Waals surface area contributed by atoms with E-state index in [-0.39, 0.29) is 6.10 Å². The second kappa shape index (κ2) is 9.25. The minimum absolute atomic E-state index is 0.0528. The third-order valence-electron chi connectivity index (χ3n) is 4.33. The van der Waals surface area contributed by atoms with Gasteiger partial charge in [-0.25, -0.2) is 4.79 Å². The topological polar surface area (TPSA) is 85.7 Å². The lowest BCUT2D eigenvalue weighted by Gasteiger charge is -2.18. The zero-order valence-corrected chi connectivity index (χ0v) is 18.6. The van der Waals surface area contributed by atoms with Gasteiger partial charge in [0.05, 0.1) is 33.4 Å². The molecule has 0 aliphatic heterocycles. The molecule has 3 rings (SSSR count). The zero-order chi connectivity index (χ0) is 21.0. The van der Waals surface area contributed by atoms with Gasteiger partial charge in [-0.15, -0.1) is 4.68 Å². The summed E-state index contributed by atoms with van der Waals surface area (Å²) in [5, 5.41) is 4.51.